The van der Waals surface area contributed by atoms with Crippen LogP contribution in [0.3, 0.4) is 0 Å². The molecule has 0 aliphatic rings. The third-order valence-corrected chi connectivity index (χ3v) is 5.35. The molecule has 124 valence electrons. The Labute approximate surface area is 136 Å². The summed E-state index contributed by atoms with van der Waals surface area (Å²) in [4.78, 5) is 0. The maximum absolute atomic E-state index is 13.2. The summed E-state index contributed by atoms with van der Waals surface area (Å²) in [6.45, 7) is 0.862. The third-order valence-electron chi connectivity index (χ3n) is 3.50. The van der Waals surface area contributed by atoms with Crippen LogP contribution in [0.4, 0.5) is 4.39 Å². The fraction of sp³-hybridized carbons (Fsp3) is 0.294. The van der Waals surface area contributed by atoms with Gasteiger partial charge in [0.05, 0.1) is 5.75 Å². The second-order valence-electron chi connectivity index (χ2n) is 5.31. The smallest absolute Gasteiger partial charge is 0.218 e. The molecule has 0 radical (unpaired) electrons. The van der Waals surface area contributed by atoms with Crippen LogP contribution >= 0.6 is 0 Å². The van der Waals surface area contributed by atoms with Crippen LogP contribution < -0.4 is 5.73 Å². The van der Waals surface area contributed by atoms with Crippen LogP contribution in [0.5, 0.6) is 0 Å². The number of halogens is 1. The second-order valence-corrected chi connectivity index (χ2v) is 7.28. The van der Waals surface area contributed by atoms with Gasteiger partial charge in [0.2, 0.25) is 10.0 Å². The Morgan fingerprint density at radius 2 is 1.65 bits per heavy atom. The molecule has 0 bridgehead atoms. The Kier molecular flexibility index (Phi) is 6.27. The molecule has 0 aromatic heterocycles. The molecular weight excluding hydrogens is 315 g/mol. The molecular formula is C17H21FN2O2S. The third kappa shape index (κ3) is 5.42. The van der Waals surface area contributed by atoms with Crippen LogP contribution in [0.2, 0.25) is 0 Å². The molecule has 0 saturated heterocycles. The van der Waals surface area contributed by atoms with Crippen molar-refractivity contribution < 1.29 is 12.8 Å². The van der Waals surface area contributed by atoms with E-state index in [1.54, 1.807) is 6.07 Å². The molecule has 0 fully saturated rings. The largest absolute Gasteiger partial charge is 0.329 e. The van der Waals surface area contributed by atoms with Gasteiger partial charge in [0.25, 0.3) is 0 Å². The molecule has 23 heavy (non-hydrogen) atoms. The summed E-state index contributed by atoms with van der Waals surface area (Å²) >= 11 is 0. The van der Waals surface area contributed by atoms with Crippen molar-refractivity contribution in [2.45, 2.75) is 12.2 Å². The van der Waals surface area contributed by atoms with Crippen LogP contribution in [-0.2, 0) is 22.2 Å². The quantitative estimate of drug-likeness (QED) is 0.803. The molecule has 0 saturated carbocycles. The SMILES string of the molecule is NCCN(CCc1ccccc1)S(=O)(=O)Cc1cccc(F)c1. The normalized spacial score (nSPS) is 11.8. The number of sulfonamides is 1. The lowest BCUT2D eigenvalue weighted by atomic mass is 10.1. The Morgan fingerprint density at radius 3 is 2.30 bits per heavy atom. The average molecular weight is 336 g/mol. The van der Waals surface area contributed by atoms with Gasteiger partial charge in [-0.3, -0.25) is 0 Å². The number of rotatable bonds is 8. The molecule has 0 spiro atoms. The molecule has 0 unspecified atom stereocenters. The predicted molar refractivity (Wildman–Crippen MR) is 89.8 cm³/mol. The molecule has 6 heteroatoms. The van der Waals surface area contributed by atoms with Gasteiger partial charge < -0.3 is 5.73 Å². The molecule has 0 aliphatic heterocycles. The summed E-state index contributed by atoms with van der Waals surface area (Å²) in [7, 11) is -3.54. The maximum Gasteiger partial charge on any atom is 0.218 e. The highest BCUT2D eigenvalue weighted by atomic mass is 32.2. The fourth-order valence-electron chi connectivity index (χ4n) is 2.36. The molecule has 2 aromatic rings. The van der Waals surface area contributed by atoms with Crippen LogP contribution in [0, 0.1) is 5.82 Å². The second kappa shape index (κ2) is 8.19. The number of hydrogen-bond acceptors (Lipinski definition) is 3. The average Bonchev–Trinajstić information content (AvgIpc) is 2.52. The van der Waals surface area contributed by atoms with Crippen molar-refractivity contribution in [2.24, 2.45) is 5.73 Å². The lowest BCUT2D eigenvalue weighted by Gasteiger charge is -2.21. The zero-order valence-electron chi connectivity index (χ0n) is 12.9. The van der Waals surface area contributed by atoms with Crippen molar-refractivity contribution in [3.8, 4) is 0 Å². The number of benzene rings is 2. The first-order valence-corrected chi connectivity index (χ1v) is 9.08. The Hall–Kier alpha value is -1.76. The standard InChI is InChI=1S/C17H21FN2O2S/c18-17-8-4-7-16(13-17)14-23(21,22)20(12-10-19)11-9-15-5-2-1-3-6-15/h1-8,13H,9-12,14,19H2. The summed E-state index contributed by atoms with van der Waals surface area (Å²) < 4.78 is 39.8. The van der Waals surface area contributed by atoms with E-state index in [2.05, 4.69) is 0 Å². The van der Waals surface area contributed by atoms with Gasteiger partial charge in [0.1, 0.15) is 5.82 Å². The van der Waals surface area contributed by atoms with E-state index in [0.717, 1.165) is 5.56 Å². The molecule has 0 atom stereocenters. The summed E-state index contributed by atoms with van der Waals surface area (Å²) in [5.41, 5.74) is 7.05. The topological polar surface area (TPSA) is 63.4 Å². The van der Waals surface area contributed by atoms with Crippen LogP contribution in [0.15, 0.2) is 54.6 Å². The molecule has 0 aliphatic carbocycles. The lowest BCUT2D eigenvalue weighted by Crippen LogP contribution is -2.37. The van der Waals surface area contributed by atoms with Crippen LogP contribution in [0.1, 0.15) is 11.1 Å². The Balaban J connectivity index is 2.08. The fourth-order valence-corrected chi connectivity index (χ4v) is 3.90. The Bertz CT molecular complexity index is 720. The molecule has 2 N–H and O–H groups in total. The van der Waals surface area contributed by atoms with Gasteiger partial charge in [0.15, 0.2) is 0 Å². The molecule has 0 heterocycles. The van der Waals surface area contributed by atoms with E-state index in [4.69, 9.17) is 5.73 Å². The number of nitrogens with zero attached hydrogens (tertiary/aromatic N) is 1. The summed E-state index contributed by atoms with van der Waals surface area (Å²) in [5.74, 6) is -0.660. The summed E-state index contributed by atoms with van der Waals surface area (Å²) in [6, 6.07) is 15.3. The zero-order valence-corrected chi connectivity index (χ0v) is 13.7. The van der Waals surface area contributed by atoms with Gasteiger partial charge in [0, 0.05) is 19.6 Å². The monoisotopic (exact) mass is 336 g/mol. The number of nitrogens with two attached hydrogens (primary N) is 1. The van der Waals surface area contributed by atoms with Gasteiger partial charge >= 0.3 is 0 Å². The van der Waals surface area contributed by atoms with Crippen molar-refractivity contribution >= 4 is 10.0 Å². The zero-order chi connectivity index (χ0) is 16.7. The summed E-state index contributed by atoms with van der Waals surface area (Å²) in [5, 5.41) is 0. The molecule has 4 nitrogen and oxygen atoms in total. The van der Waals surface area contributed by atoms with Crippen molar-refractivity contribution in [2.75, 3.05) is 19.6 Å². The minimum absolute atomic E-state index is 0.223. The highest BCUT2D eigenvalue weighted by Crippen LogP contribution is 2.13. The molecule has 2 aromatic carbocycles. The van der Waals surface area contributed by atoms with E-state index < -0.39 is 15.8 Å². The van der Waals surface area contributed by atoms with Gasteiger partial charge in [-0.1, -0.05) is 42.5 Å². The van der Waals surface area contributed by atoms with Crippen molar-refractivity contribution in [1.82, 2.24) is 4.31 Å². The van der Waals surface area contributed by atoms with Gasteiger partial charge in [-0.2, -0.15) is 0 Å². The predicted octanol–water partition coefficient (Wildman–Crippen LogP) is 2.16. The molecule has 0 amide bonds. The van der Waals surface area contributed by atoms with E-state index in [9.17, 15) is 12.8 Å². The van der Waals surface area contributed by atoms with E-state index in [1.807, 2.05) is 30.3 Å². The maximum atomic E-state index is 13.2. The van der Waals surface area contributed by atoms with Gasteiger partial charge in [-0.05, 0) is 29.7 Å². The first-order chi connectivity index (χ1) is 11.0. The number of hydrogen-bond donors (Lipinski definition) is 1. The highest BCUT2D eigenvalue weighted by Gasteiger charge is 2.21. The van der Waals surface area contributed by atoms with Crippen molar-refractivity contribution in [1.29, 1.82) is 0 Å². The van der Waals surface area contributed by atoms with Crippen molar-refractivity contribution in [3.05, 3.63) is 71.5 Å². The van der Waals surface area contributed by atoms with Crippen LogP contribution in [-0.4, -0.2) is 32.4 Å². The first kappa shape index (κ1) is 17.6. The van der Waals surface area contributed by atoms with E-state index in [0.29, 0.717) is 18.5 Å². The van der Waals surface area contributed by atoms with E-state index in [1.165, 1.54) is 22.5 Å². The molecule has 2 rings (SSSR count). The highest BCUT2D eigenvalue weighted by molar-refractivity contribution is 7.88. The Morgan fingerprint density at radius 1 is 0.957 bits per heavy atom. The van der Waals surface area contributed by atoms with E-state index >= 15 is 0 Å². The first-order valence-electron chi connectivity index (χ1n) is 7.47. The lowest BCUT2D eigenvalue weighted by molar-refractivity contribution is 0.421. The minimum Gasteiger partial charge on any atom is -0.329 e. The van der Waals surface area contributed by atoms with E-state index in [-0.39, 0.29) is 18.8 Å². The van der Waals surface area contributed by atoms with Crippen molar-refractivity contribution in [3.63, 3.8) is 0 Å². The minimum atomic E-state index is -3.54. The van der Waals surface area contributed by atoms with Crippen LogP contribution in [0.25, 0.3) is 0 Å². The van der Waals surface area contributed by atoms with Gasteiger partial charge in [-0.15, -0.1) is 0 Å². The van der Waals surface area contributed by atoms with Gasteiger partial charge in [-0.25, -0.2) is 17.1 Å². The summed E-state index contributed by atoms with van der Waals surface area (Å²) in [6.07, 6.45) is 0.614.